The van der Waals surface area contributed by atoms with Crippen LogP contribution in [0.15, 0.2) is 18.3 Å². The Hall–Kier alpha value is -2.86. The number of hydrogen-bond donors (Lipinski definition) is 0. The zero-order valence-corrected chi connectivity index (χ0v) is 17.1. The van der Waals surface area contributed by atoms with Gasteiger partial charge in [-0.25, -0.2) is 9.78 Å². The third-order valence-electron chi connectivity index (χ3n) is 4.79. The number of ether oxygens (including phenoxy) is 2. The maximum atomic E-state index is 12.9. The highest BCUT2D eigenvalue weighted by molar-refractivity contribution is 5.82. The smallest absolute Gasteiger partial charge is 0.410 e. The minimum atomic E-state index is -0.671. The SMILES string of the molecule is CC(C)(C)OC(=O)N1CCOC(C(=O)N2CCN(c3ccc(C#N)cn3)CC2)C1. The third kappa shape index (κ3) is 5.35. The number of morpholine rings is 1. The van der Waals surface area contributed by atoms with Gasteiger partial charge in [0, 0.05) is 38.9 Å². The summed E-state index contributed by atoms with van der Waals surface area (Å²) in [4.78, 5) is 34.9. The van der Waals surface area contributed by atoms with Crippen molar-refractivity contribution in [2.75, 3.05) is 50.8 Å². The van der Waals surface area contributed by atoms with Crippen LogP contribution in [0.1, 0.15) is 26.3 Å². The van der Waals surface area contributed by atoms with Gasteiger partial charge in [-0.15, -0.1) is 0 Å². The molecule has 156 valence electrons. The number of pyridine rings is 1. The second kappa shape index (κ2) is 8.66. The fourth-order valence-electron chi connectivity index (χ4n) is 3.29. The van der Waals surface area contributed by atoms with E-state index in [1.54, 1.807) is 17.2 Å². The molecule has 0 aliphatic carbocycles. The maximum Gasteiger partial charge on any atom is 0.410 e. The van der Waals surface area contributed by atoms with Crippen LogP contribution >= 0.6 is 0 Å². The Labute approximate surface area is 170 Å². The van der Waals surface area contributed by atoms with Crippen molar-refractivity contribution in [2.45, 2.75) is 32.5 Å². The van der Waals surface area contributed by atoms with Crippen molar-refractivity contribution in [3.8, 4) is 6.07 Å². The summed E-state index contributed by atoms with van der Waals surface area (Å²) in [7, 11) is 0. The monoisotopic (exact) mass is 401 g/mol. The first-order valence-electron chi connectivity index (χ1n) is 9.76. The van der Waals surface area contributed by atoms with E-state index in [4.69, 9.17) is 14.7 Å². The summed E-state index contributed by atoms with van der Waals surface area (Å²) in [5, 5.41) is 8.87. The van der Waals surface area contributed by atoms with Gasteiger partial charge in [0.2, 0.25) is 0 Å². The van der Waals surface area contributed by atoms with E-state index < -0.39 is 17.8 Å². The number of anilines is 1. The highest BCUT2D eigenvalue weighted by atomic mass is 16.6. The summed E-state index contributed by atoms with van der Waals surface area (Å²) in [5.41, 5.74) is -0.0587. The first-order chi connectivity index (χ1) is 13.8. The molecule has 0 N–H and O–H groups in total. The Morgan fingerprint density at radius 3 is 2.48 bits per heavy atom. The molecule has 0 bridgehead atoms. The van der Waals surface area contributed by atoms with Gasteiger partial charge in [-0.05, 0) is 32.9 Å². The zero-order valence-electron chi connectivity index (χ0n) is 17.1. The molecule has 2 aliphatic rings. The van der Waals surface area contributed by atoms with E-state index >= 15 is 0 Å². The fourth-order valence-corrected chi connectivity index (χ4v) is 3.29. The van der Waals surface area contributed by atoms with Crippen LogP contribution < -0.4 is 4.90 Å². The highest BCUT2D eigenvalue weighted by Gasteiger charge is 2.35. The molecule has 0 aromatic carbocycles. The molecule has 0 spiro atoms. The van der Waals surface area contributed by atoms with Crippen LogP contribution in [0, 0.1) is 11.3 Å². The van der Waals surface area contributed by atoms with Crippen molar-refractivity contribution < 1.29 is 19.1 Å². The number of rotatable bonds is 2. The maximum absolute atomic E-state index is 12.9. The van der Waals surface area contributed by atoms with E-state index in [0.29, 0.717) is 44.9 Å². The molecule has 3 heterocycles. The molecule has 29 heavy (non-hydrogen) atoms. The van der Waals surface area contributed by atoms with E-state index in [1.165, 1.54) is 4.90 Å². The molecule has 9 heteroatoms. The van der Waals surface area contributed by atoms with Gasteiger partial charge in [0.05, 0.1) is 18.7 Å². The Kier molecular flexibility index (Phi) is 6.23. The van der Waals surface area contributed by atoms with Crippen LogP contribution in [0.3, 0.4) is 0 Å². The first kappa shape index (κ1) is 20.9. The predicted octanol–water partition coefficient (Wildman–Crippen LogP) is 1.24. The van der Waals surface area contributed by atoms with Crippen LogP contribution in [0.2, 0.25) is 0 Å². The lowest BCUT2D eigenvalue weighted by atomic mass is 10.2. The van der Waals surface area contributed by atoms with Gasteiger partial charge in [-0.3, -0.25) is 4.79 Å². The highest BCUT2D eigenvalue weighted by Crippen LogP contribution is 2.17. The first-order valence-corrected chi connectivity index (χ1v) is 9.76. The van der Waals surface area contributed by atoms with Crippen molar-refractivity contribution in [2.24, 2.45) is 0 Å². The van der Waals surface area contributed by atoms with Crippen LogP contribution in [-0.2, 0) is 14.3 Å². The van der Waals surface area contributed by atoms with Gasteiger partial charge < -0.3 is 24.2 Å². The van der Waals surface area contributed by atoms with E-state index in [1.807, 2.05) is 26.8 Å². The van der Waals surface area contributed by atoms with E-state index in [-0.39, 0.29) is 12.5 Å². The summed E-state index contributed by atoms with van der Waals surface area (Å²) in [6.07, 6.45) is 0.458. The van der Waals surface area contributed by atoms with Crippen LogP contribution in [0.5, 0.6) is 0 Å². The summed E-state index contributed by atoms with van der Waals surface area (Å²) in [6, 6.07) is 5.61. The fraction of sp³-hybridized carbons (Fsp3) is 0.600. The number of hydrogen-bond acceptors (Lipinski definition) is 7. The van der Waals surface area contributed by atoms with E-state index in [9.17, 15) is 9.59 Å². The number of carbonyl (C=O) groups is 2. The quantitative estimate of drug-likeness (QED) is 0.735. The number of nitriles is 1. The van der Waals surface area contributed by atoms with Gasteiger partial charge in [0.1, 0.15) is 17.5 Å². The van der Waals surface area contributed by atoms with Gasteiger partial charge in [-0.1, -0.05) is 0 Å². The molecule has 2 saturated heterocycles. The van der Waals surface area contributed by atoms with Gasteiger partial charge in [0.25, 0.3) is 5.91 Å². The predicted molar refractivity (Wildman–Crippen MR) is 105 cm³/mol. The minimum Gasteiger partial charge on any atom is -0.444 e. The van der Waals surface area contributed by atoms with Crippen molar-refractivity contribution in [3.63, 3.8) is 0 Å². The normalized spacial score (nSPS) is 20.2. The molecule has 0 radical (unpaired) electrons. The molecule has 1 aromatic heterocycles. The number of piperazine rings is 1. The summed E-state index contributed by atoms with van der Waals surface area (Å²) >= 11 is 0. The van der Waals surface area contributed by atoms with Crippen LogP contribution in [0.25, 0.3) is 0 Å². The van der Waals surface area contributed by atoms with E-state index in [2.05, 4.69) is 16.0 Å². The van der Waals surface area contributed by atoms with Gasteiger partial charge in [-0.2, -0.15) is 5.26 Å². The van der Waals surface area contributed by atoms with Crippen LogP contribution in [-0.4, -0.2) is 84.4 Å². The van der Waals surface area contributed by atoms with Crippen molar-refractivity contribution in [1.29, 1.82) is 5.26 Å². The second-order valence-electron chi connectivity index (χ2n) is 8.12. The van der Waals surface area contributed by atoms with Crippen molar-refractivity contribution in [1.82, 2.24) is 14.8 Å². The molecule has 2 fully saturated rings. The van der Waals surface area contributed by atoms with Gasteiger partial charge >= 0.3 is 6.09 Å². The average molecular weight is 401 g/mol. The Morgan fingerprint density at radius 1 is 1.17 bits per heavy atom. The van der Waals surface area contributed by atoms with Crippen LogP contribution in [0.4, 0.5) is 10.6 Å². The number of aromatic nitrogens is 1. The molecule has 1 atom stereocenters. The summed E-state index contributed by atoms with van der Waals surface area (Å²) < 4.78 is 11.0. The number of carbonyl (C=O) groups excluding carboxylic acids is 2. The second-order valence-corrected chi connectivity index (χ2v) is 8.12. The molecule has 2 amide bonds. The summed E-state index contributed by atoms with van der Waals surface area (Å²) in [5.74, 6) is 0.687. The third-order valence-corrected chi connectivity index (χ3v) is 4.79. The topological polar surface area (TPSA) is 99.0 Å². The van der Waals surface area contributed by atoms with Crippen molar-refractivity contribution in [3.05, 3.63) is 23.9 Å². The Morgan fingerprint density at radius 2 is 1.90 bits per heavy atom. The molecular weight excluding hydrogens is 374 g/mol. The van der Waals surface area contributed by atoms with E-state index in [0.717, 1.165) is 5.82 Å². The molecule has 1 unspecified atom stereocenters. The number of nitrogens with zero attached hydrogens (tertiary/aromatic N) is 5. The van der Waals surface area contributed by atoms with Gasteiger partial charge in [0.15, 0.2) is 6.10 Å². The zero-order chi connectivity index (χ0) is 21.0. The average Bonchev–Trinajstić information content (AvgIpc) is 2.72. The summed E-state index contributed by atoms with van der Waals surface area (Å²) in [6.45, 7) is 8.76. The number of amides is 2. The lowest BCUT2D eigenvalue weighted by Gasteiger charge is -2.39. The largest absolute Gasteiger partial charge is 0.444 e. The molecule has 2 aliphatic heterocycles. The Bertz CT molecular complexity index is 776. The standard InChI is InChI=1S/C20H27N5O4/c1-20(2,3)29-19(27)25-10-11-28-16(14-25)18(26)24-8-6-23(7-9-24)17-5-4-15(12-21)13-22-17/h4-5,13,16H,6-11,14H2,1-3H3. The minimum absolute atomic E-state index is 0.106. The molecule has 3 rings (SSSR count). The molecule has 0 saturated carbocycles. The molecule has 1 aromatic rings. The lowest BCUT2D eigenvalue weighted by Crippen LogP contribution is -2.57. The molecular formula is C20H27N5O4. The Balaban J connectivity index is 1.53. The lowest BCUT2D eigenvalue weighted by molar-refractivity contribution is -0.149. The van der Waals surface area contributed by atoms with Crippen molar-refractivity contribution >= 4 is 17.8 Å². The molecule has 9 nitrogen and oxygen atoms in total.